The van der Waals surface area contributed by atoms with E-state index in [1.54, 1.807) is 0 Å². The number of carboxylic acid groups (broad SMARTS) is 1. The molecule has 0 radical (unpaired) electrons. The van der Waals surface area contributed by atoms with Crippen LogP contribution >= 0.6 is 0 Å². The lowest BCUT2D eigenvalue weighted by atomic mass is 9.92. The number of aliphatic carboxylic acids is 1. The van der Waals surface area contributed by atoms with Crippen molar-refractivity contribution in [3.63, 3.8) is 0 Å². The highest BCUT2D eigenvalue weighted by Crippen LogP contribution is 2.35. The number of hydrogen-bond acceptors (Lipinski definition) is 5. The molecule has 2 fully saturated rings. The maximum atomic E-state index is 12.4. The molecule has 0 saturated carbocycles. The number of ether oxygens (including phenoxy) is 1. The van der Waals surface area contributed by atoms with E-state index < -0.39 is 11.8 Å². The monoisotopic (exact) mass is 604 g/mol. The Hall–Kier alpha value is -3.76. The standard InChI is InChI=1S/C34H44N4O6/c1-7-21-20(6)32(41)38-28(21)14-26-18(4)23(9-10-31(39)40)29(36-26)15-30-24(11-12-34(43)16-44-34)19(5)25(35-30)13-27-17(3)22(8-2)33(42)37-27/h14,20-21,35-36,43H,7-13,15-16H2,1-6H3,(H,38,41)(H,39,40)/b28-14-/t20-,21-,34+/m1/s1. The molecule has 5 rings (SSSR count). The summed E-state index contributed by atoms with van der Waals surface area (Å²) in [6.07, 6.45) is 5.88. The van der Waals surface area contributed by atoms with Gasteiger partial charge in [0.15, 0.2) is 5.79 Å². The molecule has 3 aliphatic rings. The van der Waals surface area contributed by atoms with Crippen LogP contribution in [0.5, 0.6) is 0 Å². The van der Waals surface area contributed by atoms with E-state index in [-0.39, 0.29) is 30.1 Å². The first-order valence-corrected chi connectivity index (χ1v) is 15.7. The van der Waals surface area contributed by atoms with Crippen molar-refractivity contribution >= 4 is 29.6 Å². The van der Waals surface area contributed by atoms with Gasteiger partial charge in [0.2, 0.25) is 5.91 Å². The number of carbonyl (C=O) groups excluding carboxylic acids is 2. The third kappa shape index (κ3) is 6.23. The summed E-state index contributed by atoms with van der Waals surface area (Å²) < 4.78 is 5.25. The SMILES string of the molecule is CCC1=C(C)C(Cc2[nH]c(Cc3[nH]c(/C=C4\NC(=O)[C@H](C)[C@H]4CC)c(C)c3CCC(=O)O)c(CC[C@@]3(O)CO3)c2C)=NC1=O. The van der Waals surface area contributed by atoms with Crippen LogP contribution in [0.15, 0.2) is 21.8 Å². The van der Waals surface area contributed by atoms with E-state index in [9.17, 15) is 24.6 Å². The molecule has 2 aromatic rings. The molecule has 5 heterocycles. The predicted molar refractivity (Wildman–Crippen MR) is 167 cm³/mol. The molecule has 0 aromatic carbocycles. The lowest BCUT2D eigenvalue weighted by Gasteiger charge is -2.11. The Balaban J connectivity index is 1.52. The number of allylic oxidation sites excluding steroid dienone is 2. The fourth-order valence-electron chi connectivity index (χ4n) is 6.77. The number of aromatic amines is 2. The van der Waals surface area contributed by atoms with Crippen LogP contribution in [0.2, 0.25) is 0 Å². The number of hydrogen-bond donors (Lipinski definition) is 5. The summed E-state index contributed by atoms with van der Waals surface area (Å²) >= 11 is 0. The Kier molecular flexibility index (Phi) is 8.87. The largest absolute Gasteiger partial charge is 0.481 e. The summed E-state index contributed by atoms with van der Waals surface area (Å²) in [5, 5.41) is 23.0. The average Bonchev–Trinajstić information content (AvgIpc) is 3.27. The van der Waals surface area contributed by atoms with Gasteiger partial charge in [-0.1, -0.05) is 20.8 Å². The molecular weight excluding hydrogens is 560 g/mol. The highest BCUT2D eigenvalue weighted by atomic mass is 16.7. The molecule has 0 aliphatic carbocycles. The predicted octanol–water partition coefficient (Wildman–Crippen LogP) is 4.60. The molecule has 5 N–H and O–H groups in total. The van der Waals surface area contributed by atoms with Crippen LogP contribution in [0.3, 0.4) is 0 Å². The second-order valence-electron chi connectivity index (χ2n) is 12.5. The third-order valence-electron chi connectivity index (χ3n) is 9.77. The van der Waals surface area contributed by atoms with Crippen molar-refractivity contribution in [1.82, 2.24) is 15.3 Å². The van der Waals surface area contributed by atoms with Crippen molar-refractivity contribution < 1.29 is 29.3 Å². The minimum Gasteiger partial charge on any atom is -0.481 e. The number of nitrogens with zero attached hydrogens (tertiary/aromatic N) is 1. The molecule has 2 aromatic heterocycles. The number of carbonyl (C=O) groups is 3. The smallest absolute Gasteiger partial charge is 0.303 e. The van der Waals surface area contributed by atoms with Crippen LogP contribution < -0.4 is 5.32 Å². The van der Waals surface area contributed by atoms with Crippen LogP contribution in [0.4, 0.5) is 0 Å². The minimum atomic E-state index is -1.09. The number of H-pyrrole nitrogens is 2. The molecule has 3 aliphatic heterocycles. The second kappa shape index (κ2) is 12.3. The quantitative estimate of drug-likeness (QED) is 0.210. The van der Waals surface area contributed by atoms with Crippen LogP contribution in [0.25, 0.3) is 6.08 Å². The third-order valence-corrected chi connectivity index (χ3v) is 9.77. The van der Waals surface area contributed by atoms with E-state index >= 15 is 0 Å². The average molecular weight is 605 g/mol. The van der Waals surface area contributed by atoms with Gasteiger partial charge in [0.1, 0.15) is 6.61 Å². The van der Waals surface area contributed by atoms with Gasteiger partial charge in [-0.25, -0.2) is 4.99 Å². The van der Waals surface area contributed by atoms with Crippen molar-refractivity contribution in [2.75, 3.05) is 6.61 Å². The first-order valence-electron chi connectivity index (χ1n) is 15.7. The van der Waals surface area contributed by atoms with Gasteiger partial charge < -0.3 is 30.2 Å². The van der Waals surface area contributed by atoms with Crippen LogP contribution in [0.1, 0.15) is 98.4 Å². The summed E-state index contributed by atoms with van der Waals surface area (Å²) in [7, 11) is 0. The van der Waals surface area contributed by atoms with Gasteiger partial charge >= 0.3 is 5.97 Å². The zero-order chi connectivity index (χ0) is 31.9. The first kappa shape index (κ1) is 31.7. The Labute approximate surface area is 258 Å². The van der Waals surface area contributed by atoms with Gasteiger partial charge in [0.25, 0.3) is 5.91 Å². The Morgan fingerprint density at radius 3 is 2.34 bits per heavy atom. The van der Waals surface area contributed by atoms with E-state index in [0.717, 1.165) is 74.0 Å². The van der Waals surface area contributed by atoms with Crippen LogP contribution in [-0.2, 0) is 44.8 Å². The summed E-state index contributed by atoms with van der Waals surface area (Å²) in [4.78, 5) is 48.0. The summed E-state index contributed by atoms with van der Waals surface area (Å²) in [6.45, 7) is 12.3. The minimum absolute atomic E-state index is 0.00147. The van der Waals surface area contributed by atoms with Crippen molar-refractivity contribution in [2.45, 2.75) is 98.7 Å². The summed E-state index contributed by atoms with van der Waals surface area (Å²) in [5.74, 6) is -2.11. The molecule has 2 amide bonds. The second-order valence-corrected chi connectivity index (χ2v) is 12.5. The first-order chi connectivity index (χ1) is 20.9. The van der Waals surface area contributed by atoms with Crippen LogP contribution in [-0.4, -0.2) is 56.1 Å². The van der Waals surface area contributed by atoms with E-state index in [0.29, 0.717) is 45.1 Å². The zero-order valence-electron chi connectivity index (χ0n) is 26.6. The van der Waals surface area contributed by atoms with Crippen molar-refractivity contribution in [1.29, 1.82) is 0 Å². The van der Waals surface area contributed by atoms with E-state index in [1.807, 2.05) is 33.8 Å². The molecule has 10 nitrogen and oxygen atoms in total. The fourth-order valence-corrected chi connectivity index (χ4v) is 6.77. The Morgan fingerprint density at radius 2 is 1.73 bits per heavy atom. The number of nitrogens with one attached hydrogen (secondary N) is 3. The summed E-state index contributed by atoms with van der Waals surface area (Å²) in [6, 6.07) is 0. The van der Waals surface area contributed by atoms with E-state index in [2.05, 4.69) is 34.1 Å². The van der Waals surface area contributed by atoms with Gasteiger partial charge in [0.05, 0.1) is 5.71 Å². The van der Waals surface area contributed by atoms with Crippen molar-refractivity contribution in [3.8, 4) is 0 Å². The molecule has 2 saturated heterocycles. The normalized spacial score (nSPS) is 24.1. The van der Waals surface area contributed by atoms with Crippen molar-refractivity contribution in [2.24, 2.45) is 16.8 Å². The van der Waals surface area contributed by atoms with Gasteiger partial charge in [-0.3, -0.25) is 14.4 Å². The molecule has 44 heavy (non-hydrogen) atoms. The molecule has 0 spiro atoms. The number of aliphatic hydroxyl groups is 1. The zero-order valence-corrected chi connectivity index (χ0v) is 26.6. The number of amides is 2. The maximum absolute atomic E-state index is 12.4. The van der Waals surface area contributed by atoms with E-state index in [1.165, 1.54) is 0 Å². The molecule has 236 valence electrons. The number of rotatable bonds is 13. The molecule has 0 unspecified atom stereocenters. The van der Waals surface area contributed by atoms with Gasteiger partial charge in [0, 0.05) is 71.6 Å². The number of epoxide rings is 1. The fraction of sp³-hybridized carbons (Fsp3) is 0.529. The summed E-state index contributed by atoms with van der Waals surface area (Å²) in [5.41, 5.74) is 11.1. The molecule has 10 heteroatoms. The molecule has 0 bridgehead atoms. The highest BCUT2D eigenvalue weighted by Gasteiger charge is 2.42. The Morgan fingerprint density at radius 1 is 1.05 bits per heavy atom. The lowest BCUT2D eigenvalue weighted by molar-refractivity contribution is -0.137. The van der Waals surface area contributed by atoms with Crippen LogP contribution in [0, 0.1) is 25.7 Å². The number of aromatic nitrogens is 2. The topological polar surface area (TPSA) is 160 Å². The van der Waals surface area contributed by atoms with Crippen molar-refractivity contribution in [3.05, 3.63) is 61.9 Å². The molecular formula is C34H44N4O6. The van der Waals surface area contributed by atoms with Gasteiger partial charge in [-0.2, -0.15) is 0 Å². The Bertz CT molecular complexity index is 1600. The maximum Gasteiger partial charge on any atom is 0.303 e. The lowest BCUT2D eigenvalue weighted by Crippen LogP contribution is -2.16. The van der Waals surface area contributed by atoms with Gasteiger partial charge in [-0.05, 0) is 80.4 Å². The molecule has 3 atom stereocenters. The number of carboxylic acids is 1. The van der Waals surface area contributed by atoms with Gasteiger partial charge in [-0.15, -0.1) is 0 Å². The highest BCUT2D eigenvalue weighted by molar-refractivity contribution is 6.19. The van der Waals surface area contributed by atoms with E-state index in [4.69, 9.17) is 4.74 Å². The number of aliphatic imine (C=N–C) groups is 1.